The first-order chi connectivity index (χ1) is 5.83. The maximum Gasteiger partial charge on any atom is 0.276 e. The van der Waals surface area contributed by atoms with Crippen molar-refractivity contribution in [2.75, 3.05) is 0 Å². The van der Waals surface area contributed by atoms with Crippen LogP contribution in [0.1, 0.15) is 0 Å². The van der Waals surface area contributed by atoms with E-state index in [1.165, 1.54) is 0 Å². The summed E-state index contributed by atoms with van der Waals surface area (Å²) >= 11 is 0. The van der Waals surface area contributed by atoms with Gasteiger partial charge in [-0.05, 0) is 18.2 Å². The molecule has 0 atom stereocenters. The van der Waals surface area contributed by atoms with Crippen LogP contribution in [0.15, 0.2) is 43.0 Å². The van der Waals surface area contributed by atoms with Gasteiger partial charge in [0.05, 0.1) is 0 Å². The molecule has 0 fully saturated rings. The highest BCUT2D eigenvalue weighted by molar-refractivity contribution is 5.86. The lowest BCUT2D eigenvalue weighted by Crippen LogP contribution is -2.24. The topological polar surface area (TPSA) is 38.3 Å². The summed E-state index contributed by atoms with van der Waals surface area (Å²) < 4.78 is 0. The predicted molar refractivity (Wildman–Crippen MR) is 45.4 cm³/mol. The van der Waals surface area contributed by atoms with Crippen LogP contribution >= 0.6 is 0 Å². The normalized spacial score (nSPS) is 8.67. The number of para-hydroxylation sites is 1. The molecule has 0 unspecified atom stereocenters. The van der Waals surface area contributed by atoms with Crippen LogP contribution in [-0.4, -0.2) is 5.91 Å². The van der Waals surface area contributed by atoms with Crippen LogP contribution in [0.25, 0.3) is 0 Å². The molecule has 1 rings (SSSR count). The summed E-state index contributed by atoms with van der Waals surface area (Å²) in [4.78, 5) is 15.5. The minimum absolute atomic E-state index is 0.362. The van der Waals surface area contributed by atoms with Crippen molar-refractivity contribution in [1.29, 1.82) is 0 Å². The SMILES string of the molecule is C=CC(=O)NOc1ccccc1. The fourth-order valence-electron chi connectivity index (χ4n) is 0.639. The first-order valence-electron chi connectivity index (χ1n) is 3.47. The zero-order valence-electron chi connectivity index (χ0n) is 6.49. The summed E-state index contributed by atoms with van der Waals surface area (Å²) in [6.07, 6.45) is 1.14. The first kappa shape index (κ1) is 8.33. The molecular formula is C9H9NO2. The number of hydroxylamine groups is 1. The van der Waals surface area contributed by atoms with Gasteiger partial charge in [-0.1, -0.05) is 24.8 Å². The van der Waals surface area contributed by atoms with Crippen molar-refractivity contribution in [3.05, 3.63) is 43.0 Å². The Labute approximate surface area is 70.6 Å². The fraction of sp³-hybridized carbons (Fsp3) is 0. The molecule has 3 heteroatoms. The largest absolute Gasteiger partial charge is 0.379 e. The molecule has 12 heavy (non-hydrogen) atoms. The van der Waals surface area contributed by atoms with Crippen LogP contribution in [-0.2, 0) is 4.79 Å². The zero-order chi connectivity index (χ0) is 8.81. The Balaban J connectivity index is 2.43. The average molecular weight is 163 g/mol. The van der Waals surface area contributed by atoms with Gasteiger partial charge in [-0.3, -0.25) is 4.79 Å². The lowest BCUT2D eigenvalue weighted by molar-refractivity contribution is -0.122. The van der Waals surface area contributed by atoms with Crippen LogP contribution in [0, 0.1) is 0 Å². The highest BCUT2D eigenvalue weighted by atomic mass is 16.7. The number of benzene rings is 1. The molecule has 0 aliphatic carbocycles. The van der Waals surface area contributed by atoms with Crippen molar-refractivity contribution in [2.24, 2.45) is 0 Å². The lowest BCUT2D eigenvalue weighted by atomic mass is 10.3. The summed E-state index contributed by atoms with van der Waals surface area (Å²) in [6.45, 7) is 3.28. The molecule has 0 aliphatic heterocycles. The third kappa shape index (κ3) is 2.46. The van der Waals surface area contributed by atoms with E-state index in [1.54, 1.807) is 12.1 Å². The molecule has 1 aromatic carbocycles. The van der Waals surface area contributed by atoms with Crippen molar-refractivity contribution in [3.63, 3.8) is 0 Å². The second-order valence-corrected chi connectivity index (χ2v) is 2.09. The van der Waals surface area contributed by atoms with E-state index in [0.29, 0.717) is 5.75 Å². The van der Waals surface area contributed by atoms with Gasteiger partial charge in [0.15, 0.2) is 5.75 Å². The van der Waals surface area contributed by atoms with E-state index in [9.17, 15) is 4.79 Å². The number of carbonyl (C=O) groups is 1. The Hall–Kier alpha value is -1.77. The molecule has 1 N–H and O–H groups in total. The molecule has 0 saturated carbocycles. The van der Waals surface area contributed by atoms with Gasteiger partial charge < -0.3 is 4.84 Å². The molecule has 0 aromatic heterocycles. The van der Waals surface area contributed by atoms with E-state index in [4.69, 9.17) is 4.84 Å². The summed E-state index contributed by atoms with van der Waals surface area (Å²) in [6, 6.07) is 8.97. The second-order valence-electron chi connectivity index (χ2n) is 2.09. The fourth-order valence-corrected chi connectivity index (χ4v) is 0.639. The Bertz CT molecular complexity index is 269. The third-order valence-corrected chi connectivity index (χ3v) is 1.20. The molecule has 1 aromatic rings. The van der Waals surface area contributed by atoms with Gasteiger partial charge >= 0.3 is 0 Å². The zero-order valence-corrected chi connectivity index (χ0v) is 6.49. The van der Waals surface area contributed by atoms with E-state index in [1.807, 2.05) is 18.2 Å². The van der Waals surface area contributed by atoms with Crippen molar-refractivity contribution >= 4 is 5.91 Å². The van der Waals surface area contributed by atoms with Crippen LogP contribution < -0.4 is 10.3 Å². The lowest BCUT2D eigenvalue weighted by Gasteiger charge is -2.02. The van der Waals surface area contributed by atoms with Gasteiger partial charge in [-0.15, -0.1) is 0 Å². The quantitative estimate of drug-likeness (QED) is 0.538. The molecular weight excluding hydrogens is 154 g/mol. The van der Waals surface area contributed by atoms with E-state index in [0.717, 1.165) is 6.08 Å². The van der Waals surface area contributed by atoms with E-state index >= 15 is 0 Å². The van der Waals surface area contributed by atoms with Crippen LogP contribution in [0.2, 0.25) is 0 Å². The Morgan fingerprint density at radius 3 is 2.67 bits per heavy atom. The summed E-state index contributed by atoms with van der Waals surface area (Å²) in [5.41, 5.74) is 2.19. The number of hydrogen-bond donors (Lipinski definition) is 1. The first-order valence-corrected chi connectivity index (χ1v) is 3.47. The van der Waals surface area contributed by atoms with E-state index in [2.05, 4.69) is 12.1 Å². The summed E-state index contributed by atoms with van der Waals surface area (Å²) in [7, 11) is 0. The Kier molecular flexibility index (Phi) is 2.90. The van der Waals surface area contributed by atoms with Crippen LogP contribution in [0.4, 0.5) is 0 Å². The number of amides is 1. The average Bonchev–Trinajstić information content (AvgIpc) is 2.16. The van der Waals surface area contributed by atoms with Crippen LogP contribution in [0.5, 0.6) is 5.75 Å². The smallest absolute Gasteiger partial charge is 0.276 e. The molecule has 1 amide bonds. The Morgan fingerprint density at radius 1 is 1.42 bits per heavy atom. The Morgan fingerprint density at radius 2 is 2.08 bits per heavy atom. The molecule has 62 valence electrons. The van der Waals surface area contributed by atoms with Gasteiger partial charge in [0, 0.05) is 0 Å². The monoisotopic (exact) mass is 163 g/mol. The molecule has 0 radical (unpaired) electrons. The maximum absolute atomic E-state index is 10.6. The van der Waals surface area contributed by atoms with Crippen LogP contribution in [0.3, 0.4) is 0 Å². The summed E-state index contributed by atoms with van der Waals surface area (Å²) in [5.74, 6) is 0.228. The maximum atomic E-state index is 10.6. The minimum atomic E-state index is -0.362. The van der Waals surface area contributed by atoms with Crippen molar-refractivity contribution < 1.29 is 9.63 Å². The number of rotatable bonds is 3. The standard InChI is InChI=1S/C9H9NO2/c1-2-9(11)10-12-8-6-4-3-5-7-8/h2-7H,1H2,(H,10,11). The molecule has 3 nitrogen and oxygen atoms in total. The molecule has 0 saturated heterocycles. The minimum Gasteiger partial charge on any atom is -0.379 e. The summed E-state index contributed by atoms with van der Waals surface area (Å²) in [5, 5.41) is 0. The van der Waals surface area contributed by atoms with Crippen molar-refractivity contribution in [1.82, 2.24) is 5.48 Å². The molecule has 0 spiro atoms. The van der Waals surface area contributed by atoms with Crippen molar-refractivity contribution in [2.45, 2.75) is 0 Å². The van der Waals surface area contributed by atoms with Gasteiger partial charge in [-0.2, -0.15) is 5.48 Å². The van der Waals surface area contributed by atoms with Gasteiger partial charge in [0.25, 0.3) is 5.91 Å². The van der Waals surface area contributed by atoms with Gasteiger partial charge in [0.1, 0.15) is 0 Å². The van der Waals surface area contributed by atoms with E-state index in [-0.39, 0.29) is 5.91 Å². The third-order valence-electron chi connectivity index (χ3n) is 1.20. The molecule has 0 aliphatic rings. The number of nitrogens with one attached hydrogen (secondary N) is 1. The van der Waals surface area contributed by atoms with E-state index < -0.39 is 0 Å². The van der Waals surface area contributed by atoms with Gasteiger partial charge in [0.2, 0.25) is 0 Å². The highest BCUT2D eigenvalue weighted by Gasteiger charge is 1.93. The second kappa shape index (κ2) is 4.18. The van der Waals surface area contributed by atoms with Gasteiger partial charge in [-0.25, -0.2) is 0 Å². The molecule has 0 bridgehead atoms. The van der Waals surface area contributed by atoms with Crippen molar-refractivity contribution in [3.8, 4) is 5.75 Å². The highest BCUT2D eigenvalue weighted by Crippen LogP contribution is 2.05. The molecule has 0 heterocycles. The predicted octanol–water partition coefficient (Wildman–Crippen LogP) is 1.28. The number of hydrogen-bond acceptors (Lipinski definition) is 2. The number of carbonyl (C=O) groups excluding carboxylic acids is 1.